The number of unbranched alkanes of at least 4 members (excludes halogenated alkanes) is 8. The molecule has 0 N–H and O–H groups in total. The highest BCUT2D eigenvalue weighted by atomic mass is 35.5. The topological polar surface area (TPSA) is 3.24 Å². The lowest BCUT2D eigenvalue weighted by molar-refractivity contribution is 0.388. The summed E-state index contributed by atoms with van der Waals surface area (Å²) in [5.74, 6) is 1.74. The molecule has 0 aromatic carbocycles. The molecule has 0 heterocycles. The number of alkyl halides is 1. The highest BCUT2D eigenvalue weighted by molar-refractivity contribution is 6.17. The van der Waals surface area contributed by atoms with Crippen molar-refractivity contribution in [1.29, 1.82) is 0 Å². The molecule has 1 atom stereocenters. The molecule has 2 heteroatoms. The molecule has 0 aromatic rings. The van der Waals surface area contributed by atoms with Crippen LogP contribution >= 0.6 is 11.6 Å². The molecule has 0 aliphatic carbocycles. The minimum Gasteiger partial charge on any atom is -0.309 e. The molecule has 20 heavy (non-hydrogen) atoms. The van der Waals surface area contributed by atoms with Gasteiger partial charge in [-0.05, 0) is 39.4 Å². The Bertz CT molecular complexity index is 182. The van der Waals surface area contributed by atoms with Gasteiger partial charge in [-0.2, -0.15) is 0 Å². The molecule has 0 aliphatic heterocycles. The van der Waals surface area contributed by atoms with Gasteiger partial charge in [-0.15, -0.1) is 11.6 Å². The molecule has 0 rings (SSSR count). The summed E-state index contributed by atoms with van der Waals surface area (Å²) in [6.07, 6.45) is 16.7. The molecule has 122 valence electrons. The summed E-state index contributed by atoms with van der Waals surface area (Å²) in [5, 5.41) is 0. The first kappa shape index (κ1) is 20.2. The molecule has 0 radical (unpaired) electrons. The number of nitrogens with zero attached hydrogens (tertiary/aromatic N) is 1. The van der Waals surface area contributed by atoms with Gasteiger partial charge in [-0.1, -0.05) is 71.1 Å². The summed E-state index contributed by atoms with van der Waals surface area (Å²) in [6, 6.07) is 0. The predicted octanol–water partition coefficient (Wildman–Crippen LogP) is 6.10. The van der Waals surface area contributed by atoms with Gasteiger partial charge in [0.1, 0.15) is 0 Å². The SMILES string of the molecule is CC(CCCCCl)CCCCCCCCCCN(C)C. The van der Waals surface area contributed by atoms with Crippen LogP contribution in [-0.2, 0) is 0 Å². The van der Waals surface area contributed by atoms with Gasteiger partial charge in [0.2, 0.25) is 0 Å². The second-order valence-corrected chi connectivity index (χ2v) is 7.09. The van der Waals surface area contributed by atoms with E-state index in [0.29, 0.717) is 0 Å². The molecular formula is C18H38ClN. The maximum Gasteiger partial charge on any atom is 0.0223 e. The van der Waals surface area contributed by atoms with Gasteiger partial charge < -0.3 is 4.90 Å². The lowest BCUT2D eigenvalue weighted by Gasteiger charge is -2.10. The maximum absolute atomic E-state index is 5.70. The Morgan fingerprint density at radius 2 is 1.15 bits per heavy atom. The van der Waals surface area contributed by atoms with Crippen LogP contribution in [-0.4, -0.2) is 31.4 Å². The van der Waals surface area contributed by atoms with E-state index in [2.05, 4.69) is 25.9 Å². The van der Waals surface area contributed by atoms with E-state index in [1.54, 1.807) is 0 Å². The Balaban J connectivity index is 3.09. The summed E-state index contributed by atoms with van der Waals surface area (Å²) in [5.41, 5.74) is 0. The van der Waals surface area contributed by atoms with Crippen molar-refractivity contribution in [3.8, 4) is 0 Å². The zero-order valence-corrected chi connectivity index (χ0v) is 15.1. The van der Waals surface area contributed by atoms with Crippen LogP contribution in [0.2, 0.25) is 0 Å². The van der Waals surface area contributed by atoms with Gasteiger partial charge >= 0.3 is 0 Å². The molecule has 0 bridgehead atoms. The fraction of sp³-hybridized carbons (Fsp3) is 1.00. The van der Waals surface area contributed by atoms with Crippen LogP contribution in [0, 0.1) is 5.92 Å². The minimum atomic E-state index is 0.835. The summed E-state index contributed by atoms with van der Waals surface area (Å²) >= 11 is 5.70. The molecule has 0 aromatic heterocycles. The Kier molecular flexibility index (Phi) is 15.8. The second kappa shape index (κ2) is 15.6. The van der Waals surface area contributed by atoms with Gasteiger partial charge in [0.15, 0.2) is 0 Å². The van der Waals surface area contributed by atoms with Crippen LogP contribution in [0.3, 0.4) is 0 Å². The summed E-state index contributed by atoms with van der Waals surface area (Å²) < 4.78 is 0. The average molecular weight is 304 g/mol. The smallest absolute Gasteiger partial charge is 0.0223 e. The van der Waals surface area contributed by atoms with E-state index in [1.807, 2.05) is 0 Å². The quantitative estimate of drug-likeness (QED) is 0.261. The van der Waals surface area contributed by atoms with Gasteiger partial charge in [-0.25, -0.2) is 0 Å². The van der Waals surface area contributed by atoms with Gasteiger partial charge in [-0.3, -0.25) is 0 Å². The first-order valence-electron chi connectivity index (χ1n) is 8.87. The number of hydrogen-bond donors (Lipinski definition) is 0. The van der Waals surface area contributed by atoms with Crippen molar-refractivity contribution < 1.29 is 0 Å². The van der Waals surface area contributed by atoms with E-state index in [-0.39, 0.29) is 0 Å². The van der Waals surface area contributed by atoms with Crippen LogP contribution in [0.15, 0.2) is 0 Å². The molecule has 1 unspecified atom stereocenters. The lowest BCUT2D eigenvalue weighted by atomic mass is 9.97. The average Bonchev–Trinajstić information content (AvgIpc) is 2.41. The van der Waals surface area contributed by atoms with E-state index in [9.17, 15) is 0 Å². The highest BCUT2D eigenvalue weighted by Crippen LogP contribution is 2.17. The first-order valence-corrected chi connectivity index (χ1v) is 9.41. The van der Waals surface area contributed by atoms with Crippen molar-refractivity contribution in [1.82, 2.24) is 4.90 Å². The summed E-state index contributed by atoms with van der Waals surface area (Å²) in [6.45, 7) is 3.65. The molecule has 0 amide bonds. The lowest BCUT2D eigenvalue weighted by Crippen LogP contribution is -2.12. The molecule has 0 fully saturated rings. The summed E-state index contributed by atoms with van der Waals surface area (Å²) in [4.78, 5) is 2.29. The van der Waals surface area contributed by atoms with Crippen molar-refractivity contribution in [2.45, 2.75) is 84.0 Å². The molecular weight excluding hydrogens is 266 g/mol. The van der Waals surface area contributed by atoms with E-state index in [0.717, 1.165) is 11.8 Å². The first-order chi connectivity index (χ1) is 9.66. The molecule has 0 aliphatic rings. The summed E-state index contributed by atoms with van der Waals surface area (Å²) in [7, 11) is 4.33. The van der Waals surface area contributed by atoms with Crippen molar-refractivity contribution >= 4 is 11.6 Å². The van der Waals surface area contributed by atoms with Crippen LogP contribution in [0.25, 0.3) is 0 Å². The van der Waals surface area contributed by atoms with Crippen molar-refractivity contribution in [3.05, 3.63) is 0 Å². The van der Waals surface area contributed by atoms with Crippen LogP contribution in [0.4, 0.5) is 0 Å². The fourth-order valence-corrected chi connectivity index (χ4v) is 2.90. The largest absolute Gasteiger partial charge is 0.309 e. The maximum atomic E-state index is 5.70. The van der Waals surface area contributed by atoms with Crippen molar-refractivity contribution in [3.63, 3.8) is 0 Å². The van der Waals surface area contributed by atoms with Gasteiger partial charge in [0.25, 0.3) is 0 Å². The van der Waals surface area contributed by atoms with Crippen molar-refractivity contribution in [2.75, 3.05) is 26.5 Å². The Morgan fingerprint density at radius 1 is 0.700 bits per heavy atom. The number of halogens is 1. The minimum absolute atomic E-state index is 0.835. The van der Waals surface area contributed by atoms with Crippen LogP contribution in [0.1, 0.15) is 84.0 Å². The second-order valence-electron chi connectivity index (χ2n) is 6.71. The van der Waals surface area contributed by atoms with E-state index in [1.165, 1.54) is 83.6 Å². The standard InChI is InChI=1S/C18H38ClN/c1-18(15-11-12-16-19)14-10-8-6-4-5-7-9-13-17-20(2)3/h18H,4-17H2,1-3H3. The number of rotatable bonds is 15. The van der Waals surface area contributed by atoms with Gasteiger partial charge in [0, 0.05) is 5.88 Å². The molecule has 0 saturated heterocycles. The normalized spacial score (nSPS) is 13.1. The Morgan fingerprint density at radius 3 is 1.65 bits per heavy atom. The van der Waals surface area contributed by atoms with Crippen molar-refractivity contribution in [2.24, 2.45) is 5.92 Å². The van der Waals surface area contributed by atoms with Crippen LogP contribution in [0.5, 0.6) is 0 Å². The van der Waals surface area contributed by atoms with E-state index < -0.39 is 0 Å². The van der Waals surface area contributed by atoms with E-state index in [4.69, 9.17) is 11.6 Å². The third-order valence-electron chi connectivity index (χ3n) is 4.13. The molecule has 1 nitrogen and oxygen atoms in total. The fourth-order valence-electron chi connectivity index (χ4n) is 2.71. The van der Waals surface area contributed by atoms with Crippen LogP contribution < -0.4 is 0 Å². The third kappa shape index (κ3) is 16.3. The third-order valence-corrected chi connectivity index (χ3v) is 4.40. The Labute approximate surface area is 133 Å². The molecule has 0 spiro atoms. The highest BCUT2D eigenvalue weighted by Gasteiger charge is 2.01. The van der Waals surface area contributed by atoms with Gasteiger partial charge in [0.05, 0.1) is 0 Å². The zero-order valence-electron chi connectivity index (χ0n) is 14.3. The monoisotopic (exact) mass is 303 g/mol. The predicted molar refractivity (Wildman–Crippen MR) is 93.8 cm³/mol. The zero-order chi connectivity index (χ0) is 15.1. The van der Waals surface area contributed by atoms with E-state index >= 15 is 0 Å². The Hall–Kier alpha value is 0.250. The molecule has 0 saturated carbocycles. The number of hydrogen-bond acceptors (Lipinski definition) is 1.